The molecule has 0 bridgehead atoms. The molecule has 1 unspecified atom stereocenters. The Morgan fingerprint density at radius 2 is 2.33 bits per heavy atom. The van der Waals surface area contributed by atoms with E-state index in [4.69, 9.17) is 16.3 Å². The smallest absolute Gasteiger partial charge is 0.321 e. The van der Waals surface area contributed by atoms with Gasteiger partial charge in [-0.1, -0.05) is 25.4 Å². The van der Waals surface area contributed by atoms with E-state index in [1.54, 1.807) is 4.90 Å². The second kappa shape index (κ2) is 7.09. The number of ether oxygens (including phenoxy) is 1. The van der Waals surface area contributed by atoms with Crippen molar-refractivity contribution in [2.75, 3.05) is 25.0 Å². The van der Waals surface area contributed by atoms with Crippen molar-refractivity contribution >= 4 is 23.3 Å². The second-order valence-corrected chi connectivity index (χ2v) is 6.05. The number of likely N-dealkylation sites (tertiary alicyclic amines) is 1. The first-order chi connectivity index (χ1) is 9.95. The van der Waals surface area contributed by atoms with Gasteiger partial charge in [-0.05, 0) is 30.5 Å². The molecular weight excluding hydrogens is 295 g/mol. The van der Waals surface area contributed by atoms with Crippen molar-refractivity contribution in [2.24, 2.45) is 5.92 Å². The maximum absolute atomic E-state index is 13.2. The minimum Gasteiger partial charge on any atom is -0.376 e. The average Bonchev–Trinajstić information content (AvgIpc) is 2.89. The van der Waals surface area contributed by atoms with Gasteiger partial charge < -0.3 is 15.0 Å². The highest BCUT2D eigenvalue weighted by atomic mass is 35.5. The summed E-state index contributed by atoms with van der Waals surface area (Å²) in [7, 11) is 0. The fourth-order valence-electron chi connectivity index (χ4n) is 2.16. The lowest BCUT2D eigenvalue weighted by atomic mass is 10.2. The number of urea groups is 1. The predicted octanol–water partition coefficient (Wildman–Crippen LogP) is 3.76. The largest absolute Gasteiger partial charge is 0.376 e. The Morgan fingerprint density at radius 1 is 1.57 bits per heavy atom. The molecule has 2 amide bonds. The molecular formula is C15H20ClFN2O2. The Hall–Kier alpha value is -1.33. The minimum absolute atomic E-state index is 0.0705. The van der Waals surface area contributed by atoms with Gasteiger partial charge in [0.1, 0.15) is 5.82 Å². The third-order valence-corrected chi connectivity index (χ3v) is 3.60. The van der Waals surface area contributed by atoms with E-state index in [1.807, 2.05) is 0 Å². The summed E-state index contributed by atoms with van der Waals surface area (Å²) in [5, 5.41) is 2.95. The predicted molar refractivity (Wildman–Crippen MR) is 81.2 cm³/mol. The topological polar surface area (TPSA) is 41.6 Å². The van der Waals surface area contributed by atoms with Gasteiger partial charge in [0.15, 0.2) is 0 Å². The molecule has 1 N–H and O–H groups in total. The molecule has 4 nitrogen and oxygen atoms in total. The Balaban J connectivity index is 1.88. The van der Waals surface area contributed by atoms with Gasteiger partial charge in [-0.25, -0.2) is 9.18 Å². The molecule has 1 aromatic rings. The highest BCUT2D eigenvalue weighted by molar-refractivity contribution is 6.33. The molecule has 0 radical (unpaired) electrons. The number of hydrogen-bond donors (Lipinski definition) is 1. The van der Waals surface area contributed by atoms with Gasteiger partial charge in [0.25, 0.3) is 0 Å². The fourth-order valence-corrected chi connectivity index (χ4v) is 2.33. The van der Waals surface area contributed by atoms with Crippen LogP contribution in [0.25, 0.3) is 0 Å². The van der Waals surface area contributed by atoms with E-state index in [9.17, 15) is 9.18 Å². The Kier molecular flexibility index (Phi) is 5.42. The number of anilines is 1. The van der Waals surface area contributed by atoms with Gasteiger partial charge in [0.2, 0.25) is 0 Å². The van der Waals surface area contributed by atoms with E-state index in [1.165, 1.54) is 18.2 Å². The quantitative estimate of drug-likeness (QED) is 0.919. The van der Waals surface area contributed by atoms with E-state index in [2.05, 4.69) is 19.2 Å². The Labute approximate surface area is 129 Å². The highest BCUT2D eigenvalue weighted by Crippen LogP contribution is 2.23. The summed E-state index contributed by atoms with van der Waals surface area (Å²) in [6, 6.07) is 3.61. The molecule has 0 aliphatic carbocycles. The van der Waals surface area contributed by atoms with Crippen molar-refractivity contribution in [3.63, 3.8) is 0 Å². The number of nitrogens with one attached hydrogen (secondary N) is 1. The zero-order valence-electron chi connectivity index (χ0n) is 12.2. The van der Waals surface area contributed by atoms with Gasteiger partial charge in [-0.3, -0.25) is 0 Å². The fraction of sp³-hybridized carbons (Fsp3) is 0.533. The third-order valence-electron chi connectivity index (χ3n) is 3.27. The molecule has 21 heavy (non-hydrogen) atoms. The Bertz CT molecular complexity index is 510. The Morgan fingerprint density at radius 3 is 3.05 bits per heavy atom. The average molecular weight is 315 g/mol. The van der Waals surface area contributed by atoms with Crippen LogP contribution in [0, 0.1) is 11.7 Å². The normalized spacial score (nSPS) is 18.3. The number of halogens is 2. The molecule has 1 aromatic carbocycles. The number of hydrogen-bond acceptors (Lipinski definition) is 2. The molecule has 2 rings (SSSR count). The van der Waals surface area contributed by atoms with E-state index in [-0.39, 0.29) is 17.8 Å². The molecule has 1 atom stereocenters. The molecule has 1 heterocycles. The number of carbonyl (C=O) groups is 1. The van der Waals surface area contributed by atoms with Gasteiger partial charge >= 0.3 is 6.03 Å². The van der Waals surface area contributed by atoms with Crippen molar-refractivity contribution in [1.82, 2.24) is 4.90 Å². The van der Waals surface area contributed by atoms with Crippen LogP contribution in [0.15, 0.2) is 18.2 Å². The van der Waals surface area contributed by atoms with Gasteiger partial charge in [-0.2, -0.15) is 0 Å². The molecule has 0 aromatic heterocycles. The van der Waals surface area contributed by atoms with Crippen LogP contribution in [0.5, 0.6) is 0 Å². The molecule has 1 aliphatic rings. The number of carbonyl (C=O) groups excluding carboxylic acids is 1. The van der Waals surface area contributed by atoms with Crippen LogP contribution in [-0.4, -0.2) is 36.7 Å². The summed E-state index contributed by atoms with van der Waals surface area (Å²) in [5.41, 5.74) is 0.285. The van der Waals surface area contributed by atoms with Gasteiger partial charge in [0, 0.05) is 19.7 Å². The molecule has 0 saturated carbocycles. The number of rotatable bonds is 4. The lowest BCUT2D eigenvalue weighted by Crippen LogP contribution is -2.34. The molecule has 1 fully saturated rings. The zero-order chi connectivity index (χ0) is 15.4. The van der Waals surface area contributed by atoms with E-state index >= 15 is 0 Å². The molecule has 1 saturated heterocycles. The van der Waals surface area contributed by atoms with Crippen molar-refractivity contribution in [1.29, 1.82) is 0 Å². The third kappa shape index (κ3) is 4.58. The molecule has 1 aliphatic heterocycles. The molecule has 6 heteroatoms. The van der Waals surface area contributed by atoms with Crippen LogP contribution in [0.1, 0.15) is 20.3 Å². The summed E-state index contributed by atoms with van der Waals surface area (Å²) < 4.78 is 18.9. The molecule has 116 valence electrons. The first-order valence-corrected chi connectivity index (χ1v) is 7.46. The van der Waals surface area contributed by atoms with Crippen molar-refractivity contribution in [3.8, 4) is 0 Å². The molecule has 0 spiro atoms. The van der Waals surface area contributed by atoms with Gasteiger partial charge in [-0.15, -0.1) is 0 Å². The second-order valence-electron chi connectivity index (χ2n) is 5.64. The van der Waals surface area contributed by atoms with Crippen LogP contribution in [0.3, 0.4) is 0 Å². The monoisotopic (exact) mass is 314 g/mol. The summed E-state index contributed by atoms with van der Waals surface area (Å²) in [6.07, 6.45) is 0.887. The number of amides is 2. The number of nitrogens with zero attached hydrogens (tertiary/aromatic N) is 1. The SMILES string of the molecule is CC(C)COC1CCN(C(=O)Nc2cc(F)ccc2Cl)C1. The summed E-state index contributed by atoms with van der Waals surface area (Å²) in [5.74, 6) is 0.0354. The highest BCUT2D eigenvalue weighted by Gasteiger charge is 2.27. The minimum atomic E-state index is -0.436. The van der Waals surface area contributed by atoms with E-state index in [0.29, 0.717) is 30.6 Å². The zero-order valence-corrected chi connectivity index (χ0v) is 13.0. The first-order valence-electron chi connectivity index (χ1n) is 7.08. The van der Waals surface area contributed by atoms with E-state index in [0.717, 1.165) is 6.42 Å². The first kappa shape index (κ1) is 16.0. The number of benzene rings is 1. The van der Waals surface area contributed by atoms with Crippen molar-refractivity contribution < 1.29 is 13.9 Å². The van der Waals surface area contributed by atoms with Crippen LogP contribution < -0.4 is 5.32 Å². The maximum atomic E-state index is 13.2. The van der Waals surface area contributed by atoms with Crippen molar-refractivity contribution in [2.45, 2.75) is 26.4 Å². The maximum Gasteiger partial charge on any atom is 0.321 e. The lowest BCUT2D eigenvalue weighted by molar-refractivity contribution is 0.0440. The van der Waals surface area contributed by atoms with Gasteiger partial charge in [0.05, 0.1) is 16.8 Å². The van der Waals surface area contributed by atoms with Crippen LogP contribution >= 0.6 is 11.6 Å². The van der Waals surface area contributed by atoms with E-state index < -0.39 is 5.82 Å². The lowest BCUT2D eigenvalue weighted by Gasteiger charge is -2.18. The summed E-state index contributed by atoms with van der Waals surface area (Å²) in [4.78, 5) is 13.8. The summed E-state index contributed by atoms with van der Waals surface area (Å²) >= 11 is 5.94. The summed E-state index contributed by atoms with van der Waals surface area (Å²) in [6.45, 7) is 6.04. The standard InChI is InChI=1S/C15H20ClFN2O2/c1-10(2)9-21-12-5-6-19(8-12)15(20)18-14-7-11(17)3-4-13(14)16/h3-4,7,10,12H,5-6,8-9H2,1-2H3,(H,18,20). The van der Waals surface area contributed by atoms with Crippen LogP contribution in [0.4, 0.5) is 14.9 Å². The van der Waals surface area contributed by atoms with Crippen molar-refractivity contribution in [3.05, 3.63) is 29.0 Å². The van der Waals surface area contributed by atoms with Crippen LogP contribution in [-0.2, 0) is 4.74 Å². The van der Waals surface area contributed by atoms with Crippen LogP contribution in [0.2, 0.25) is 5.02 Å².